The molecule has 0 saturated heterocycles. The number of hydrogen-bond acceptors (Lipinski definition) is 2. The summed E-state index contributed by atoms with van der Waals surface area (Å²) in [5.41, 5.74) is 2.22. The Morgan fingerprint density at radius 2 is 2.00 bits per heavy atom. The predicted molar refractivity (Wildman–Crippen MR) is 59.4 cm³/mol. The summed E-state index contributed by atoms with van der Waals surface area (Å²) in [4.78, 5) is 3.91. The molecule has 0 aliphatic carbocycles. The van der Waals surface area contributed by atoms with E-state index < -0.39 is 0 Å². The minimum atomic E-state index is 0.396. The minimum absolute atomic E-state index is 0.396. The third kappa shape index (κ3) is 1.98. The molecule has 0 radical (unpaired) electrons. The van der Waals surface area contributed by atoms with Crippen LogP contribution in [0.3, 0.4) is 0 Å². The first kappa shape index (κ1) is 9.70. The molecular weight excluding hydrogens is 208 g/mol. The number of aromatic nitrogens is 1. The number of halogens is 1. The number of nitriles is 1. The lowest BCUT2D eigenvalue weighted by molar-refractivity contribution is 1.26. The first-order chi connectivity index (χ1) is 7.31. The van der Waals surface area contributed by atoms with Crippen LogP contribution in [0.1, 0.15) is 5.69 Å². The van der Waals surface area contributed by atoms with E-state index >= 15 is 0 Å². The molecule has 2 rings (SSSR count). The van der Waals surface area contributed by atoms with E-state index in [9.17, 15) is 0 Å². The lowest BCUT2D eigenvalue weighted by Crippen LogP contribution is -1.84. The van der Waals surface area contributed by atoms with Gasteiger partial charge in [0.1, 0.15) is 11.8 Å². The van der Waals surface area contributed by atoms with Crippen molar-refractivity contribution >= 4 is 11.6 Å². The summed E-state index contributed by atoms with van der Waals surface area (Å²) in [6, 6.07) is 13.1. The third-order valence-electron chi connectivity index (χ3n) is 2.06. The van der Waals surface area contributed by atoms with Gasteiger partial charge in [-0.3, -0.25) is 0 Å². The normalized spacial score (nSPS) is 9.60. The fourth-order valence-electron chi connectivity index (χ4n) is 1.35. The Morgan fingerprint density at radius 1 is 1.20 bits per heavy atom. The van der Waals surface area contributed by atoms with E-state index in [0.29, 0.717) is 10.7 Å². The van der Waals surface area contributed by atoms with Crippen molar-refractivity contribution in [1.82, 2.24) is 4.98 Å². The van der Waals surface area contributed by atoms with Crippen LogP contribution >= 0.6 is 11.6 Å². The number of pyridine rings is 1. The molecule has 3 heteroatoms. The van der Waals surface area contributed by atoms with E-state index in [1.54, 1.807) is 12.3 Å². The second kappa shape index (κ2) is 4.12. The van der Waals surface area contributed by atoms with Crippen molar-refractivity contribution in [2.24, 2.45) is 0 Å². The van der Waals surface area contributed by atoms with Crippen LogP contribution in [0.5, 0.6) is 0 Å². The van der Waals surface area contributed by atoms with Gasteiger partial charge in [0.2, 0.25) is 0 Å². The number of rotatable bonds is 1. The summed E-state index contributed by atoms with van der Waals surface area (Å²) in [5, 5.41) is 9.41. The molecule has 0 saturated carbocycles. The van der Waals surface area contributed by atoms with Crippen LogP contribution in [0, 0.1) is 11.3 Å². The van der Waals surface area contributed by atoms with Gasteiger partial charge in [-0.25, -0.2) is 4.98 Å². The highest BCUT2D eigenvalue weighted by Crippen LogP contribution is 2.27. The van der Waals surface area contributed by atoms with Crippen molar-refractivity contribution in [1.29, 1.82) is 5.26 Å². The Balaban J connectivity index is 2.55. The predicted octanol–water partition coefficient (Wildman–Crippen LogP) is 3.27. The van der Waals surface area contributed by atoms with Gasteiger partial charge in [-0.15, -0.1) is 0 Å². The smallest absolute Gasteiger partial charge is 0.141 e. The lowest BCUT2D eigenvalue weighted by Gasteiger charge is -2.03. The average molecular weight is 215 g/mol. The van der Waals surface area contributed by atoms with Crippen LogP contribution in [-0.4, -0.2) is 4.98 Å². The molecule has 1 aromatic heterocycles. The Labute approximate surface area is 92.8 Å². The van der Waals surface area contributed by atoms with E-state index in [0.717, 1.165) is 11.1 Å². The molecule has 0 amide bonds. The zero-order chi connectivity index (χ0) is 10.7. The third-order valence-corrected chi connectivity index (χ3v) is 2.39. The van der Waals surface area contributed by atoms with Crippen molar-refractivity contribution in [2.75, 3.05) is 0 Å². The molecule has 0 atom stereocenters. The highest BCUT2D eigenvalue weighted by atomic mass is 35.5. The van der Waals surface area contributed by atoms with Gasteiger partial charge in [0, 0.05) is 16.8 Å². The van der Waals surface area contributed by atoms with Crippen LogP contribution in [0.4, 0.5) is 0 Å². The molecule has 0 fully saturated rings. The molecule has 0 N–H and O–H groups in total. The molecule has 2 aromatic rings. The van der Waals surface area contributed by atoms with Gasteiger partial charge in [-0.2, -0.15) is 5.26 Å². The summed E-state index contributed by atoms with van der Waals surface area (Å²) in [7, 11) is 0. The highest BCUT2D eigenvalue weighted by molar-refractivity contribution is 6.33. The molecule has 0 aliphatic rings. The van der Waals surface area contributed by atoms with Crippen LogP contribution in [0.15, 0.2) is 42.6 Å². The van der Waals surface area contributed by atoms with Crippen molar-refractivity contribution in [3.05, 3.63) is 53.3 Å². The van der Waals surface area contributed by atoms with Crippen LogP contribution < -0.4 is 0 Å². The number of hydrogen-bond donors (Lipinski definition) is 0. The van der Waals surface area contributed by atoms with Crippen molar-refractivity contribution in [2.45, 2.75) is 0 Å². The Kier molecular flexibility index (Phi) is 2.66. The summed E-state index contributed by atoms with van der Waals surface area (Å²) >= 11 is 6.05. The summed E-state index contributed by atoms with van der Waals surface area (Å²) in [6.07, 6.45) is 1.61. The first-order valence-corrected chi connectivity index (χ1v) is 4.80. The van der Waals surface area contributed by atoms with Crippen molar-refractivity contribution < 1.29 is 0 Å². The van der Waals surface area contributed by atoms with Crippen LogP contribution in [-0.2, 0) is 0 Å². The highest BCUT2D eigenvalue weighted by Gasteiger charge is 2.03. The maximum atomic E-state index is 8.73. The second-order valence-electron chi connectivity index (χ2n) is 3.02. The Hall–Kier alpha value is -1.85. The molecular formula is C12H7ClN2. The van der Waals surface area contributed by atoms with E-state index in [-0.39, 0.29) is 0 Å². The van der Waals surface area contributed by atoms with E-state index in [4.69, 9.17) is 16.9 Å². The summed E-state index contributed by atoms with van der Waals surface area (Å²) < 4.78 is 0. The van der Waals surface area contributed by atoms with Crippen molar-refractivity contribution in [3.63, 3.8) is 0 Å². The molecule has 1 aromatic carbocycles. The fourth-order valence-corrected chi connectivity index (χ4v) is 1.60. The molecule has 0 bridgehead atoms. The summed E-state index contributed by atoms with van der Waals surface area (Å²) in [5.74, 6) is 0. The Bertz CT molecular complexity index is 529. The van der Waals surface area contributed by atoms with E-state index in [1.807, 2.05) is 36.4 Å². The largest absolute Gasteiger partial charge is 0.246 e. The maximum Gasteiger partial charge on any atom is 0.141 e. The van der Waals surface area contributed by atoms with Gasteiger partial charge >= 0.3 is 0 Å². The van der Waals surface area contributed by atoms with Gasteiger partial charge in [-0.05, 0) is 23.8 Å². The number of nitrogens with zero attached hydrogens (tertiary/aromatic N) is 2. The monoisotopic (exact) mass is 214 g/mol. The summed E-state index contributed by atoms with van der Waals surface area (Å²) in [6.45, 7) is 0. The van der Waals surface area contributed by atoms with Gasteiger partial charge in [0.15, 0.2) is 0 Å². The lowest BCUT2D eigenvalue weighted by atomic mass is 10.1. The van der Waals surface area contributed by atoms with E-state index in [2.05, 4.69) is 4.98 Å². The van der Waals surface area contributed by atoms with Gasteiger partial charge in [-0.1, -0.05) is 29.8 Å². The minimum Gasteiger partial charge on any atom is -0.246 e. The standard InChI is InChI=1S/C12H7ClN2/c13-12-4-2-1-3-11(12)9-5-6-15-10(7-9)8-14/h1-7H. The molecule has 2 nitrogen and oxygen atoms in total. The molecule has 0 spiro atoms. The second-order valence-corrected chi connectivity index (χ2v) is 3.43. The molecule has 0 aliphatic heterocycles. The molecule has 0 unspecified atom stereocenters. The zero-order valence-electron chi connectivity index (χ0n) is 7.81. The van der Waals surface area contributed by atoms with Gasteiger partial charge in [0.05, 0.1) is 0 Å². The maximum absolute atomic E-state index is 8.73. The quantitative estimate of drug-likeness (QED) is 0.731. The molecule has 1 heterocycles. The molecule has 15 heavy (non-hydrogen) atoms. The van der Waals surface area contributed by atoms with E-state index in [1.165, 1.54) is 0 Å². The van der Waals surface area contributed by atoms with Gasteiger partial charge < -0.3 is 0 Å². The van der Waals surface area contributed by atoms with Crippen molar-refractivity contribution in [3.8, 4) is 17.2 Å². The Morgan fingerprint density at radius 3 is 2.73 bits per heavy atom. The first-order valence-electron chi connectivity index (χ1n) is 4.42. The van der Waals surface area contributed by atoms with Crippen LogP contribution in [0.25, 0.3) is 11.1 Å². The number of benzene rings is 1. The van der Waals surface area contributed by atoms with Crippen LogP contribution in [0.2, 0.25) is 5.02 Å². The van der Waals surface area contributed by atoms with Gasteiger partial charge in [0.25, 0.3) is 0 Å². The molecule has 72 valence electrons. The zero-order valence-corrected chi connectivity index (χ0v) is 8.57. The average Bonchev–Trinajstić information content (AvgIpc) is 2.30. The topological polar surface area (TPSA) is 36.7 Å². The SMILES string of the molecule is N#Cc1cc(-c2ccccc2Cl)ccn1. The fraction of sp³-hybridized carbons (Fsp3) is 0.